The summed E-state index contributed by atoms with van der Waals surface area (Å²) in [5.41, 5.74) is 2.27. The van der Waals surface area contributed by atoms with Gasteiger partial charge in [0.2, 0.25) is 5.91 Å². The fourth-order valence-electron chi connectivity index (χ4n) is 3.26. The van der Waals surface area contributed by atoms with Crippen LogP contribution in [0.25, 0.3) is 11.1 Å². The molecule has 0 saturated carbocycles. The van der Waals surface area contributed by atoms with Crippen molar-refractivity contribution in [1.29, 1.82) is 0 Å². The molecule has 0 spiro atoms. The Kier molecular flexibility index (Phi) is 5.18. The zero-order valence-corrected chi connectivity index (χ0v) is 14.4. The van der Waals surface area contributed by atoms with Gasteiger partial charge in [0.25, 0.3) is 5.69 Å². The third-order valence-corrected chi connectivity index (χ3v) is 4.65. The molecule has 1 saturated heterocycles. The monoisotopic (exact) mass is 356 g/mol. The number of aliphatic hydroxyl groups is 1. The van der Waals surface area contributed by atoms with E-state index in [0.29, 0.717) is 30.7 Å². The standard InChI is InChI=1S/C19H20N2O5/c1-26-18-7-5-13(11-20-16(12-22)6-8-19(20)23)9-17(18)14-3-2-4-15(10-14)21(24)25/h2-5,7,9-10,16,22H,6,8,11-12H2,1H3/t16-/m1/s1. The molecule has 3 rings (SSSR count). The third-order valence-electron chi connectivity index (χ3n) is 4.65. The largest absolute Gasteiger partial charge is 0.496 e. The summed E-state index contributed by atoms with van der Waals surface area (Å²) in [4.78, 5) is 24.4. The molecular weight excluding hydrogens is 336 g/mol. The van der Waals surface area contributed by atoms with Crippen molar-refractivity contribution in [2.75, 3.05) is 13.7 Å². The highest BCUT2D eigenvalue weighted by atomic mass is 16.6. The number of rotatable bonds is 6. The van der Waals surface area contributed by atoms with Crippen LogP contribution in [0.4, 0.5) is 5.69 Å². The van der Waals surface area contributed by atoms with Crippen LogP contribution in [0, 0.1) is 10.1 Å². The van der Waals surface area contributed by atoms with Gasteiger partial charge in [-0.3, -0.25) is 14.9 Å². The quantitative estimate of drug-likeness (QED) is 0.634. The lowest BCUT2D eigenvalue weighted by Gasteiger charge is -2.23. The topological polar surface area (TPSA) is 92.9 Å². The Bertz CT molecular complexity index is 836. The molecule has 0 radical (unpaired) electrons. The van der Waals surface area contributed by atoms with Crippen molar-refractivity contribution in [3.63, 3.8) is 0 Å². The van der Waals surface area contributed by atoms with E-state index in [1.165, 1.54) is 12.1 Å². The first kappa shape index (κ1) is 17.9. The van der Waals surface area contributed by atoms with Crippen LogP contribution < -0.4 is 4.74 Å². The molecule has 1 fully saturated rings. The van der Waals surface area contributed by atoms with Crippen LogP contribution in [0.2, 0.25) is 0 Å². The van der Waals surface area contributed by atoms with Gasteiger partial charge in [0, 0.05) is 30.7 Å². The molecule has 1 N–H and O–H groups in total. The molecule has 7 heteroatoms. The van der Waals surface area contributed by atoms with E-state index in [1.54, 1.807) is 30.2 Å². The van der Waals surface area contributed by atoms with Gasteiger partial charge < -0.3 is 14.7 Å². The number of non-ortho nitro benzene ring substituents is 1. The predicted molar refractivity (Wildman–Crippen MR) is 95.7 cm³/mol. The molecule has 1 aliphatic rings. The molecule has 0 unspecified atom stereocenters. The van der Waals surface area contributed by atoms with Gasteiger partial charge in [0.1, 0.15) is 5.75 Å². The summed E-state index contributed by atoms with van der Waals surface area (Å²) >= 11 is 0. The van der Waals surface area contributed by atoms with Crippen LogP contribution in [-0.4, -0.2) is 40.6 Å². The fourth-order valence-corrected chi connectivity index (χ4v) is 3.26. The van der Waals surface area contributed by atoms with Crippen LogP contribution in [-0.2, 0) is 11.3 Å². The van der Waals surface area contributed by atoms with Crippen LogP contribution in [0.1, 0.15) is 18.4 Å². The average Bonchev–Trinajstić information content (AvgIpc) is 3.01. The summed E-state index contributed by atoms with van der Waals surface area (Å²) in [5.74, 6) is 0.623. The van der Waals surface area contributed by atoms with E-state index in [0.717, 1.165) is 11.1 Å². The van der Waals surface area contributed by atoms with Crippen LogP contribution in [0.5, 0.6) is 5.75 Å². The number of benzene rings is 2. The van der Waals surface area contributed by atoms with Gasteiger partial charge in [-0.05, 0) is 29.7 Å². The molecule has 0 aromatic heterocycles. The average molecular weight is 356 g/mol. The van der Waals surface area contributed by atoms with E-state index in [4.69, 9.17) is 4.74 Å². The number of ether oxygens (including phenoxy) is 1. The van der Waals surface area contributed by atoms with Crippen LogP contribution in [0.3, 0.4) is 0 Å². The number of nitro groups is 1. The number of amides is 1. The molecule has 136 valence electrons. The first-order chi connectivity index (χ1) is 12.5. The normalized spacial score (nSPS) is 16.8. The molecular formula is C19H20N2O5. The summed E-state index contributed by atoms with van der Waals surface area (Å²) in [5, 5.41) is 20.5. The molecule has 1 amide bonds. The Morgan fingerprint density at radius 1 is 1.31 bits per heavy atom. The number of likely N-dealkylation sites (tertiary alicyclic amines) is 1. The van der Waals surface area contributed by atoms with E-state index >= 15 is 0 Å². The summed E-state index contributed by atoms with van der Waals surface area (Å²) in [6.45, 7) is 0.329. The van der Waals surface area contributed by atoms with Gasteiger partial charge in [-0.25, -0.2) is 0 Å². The first-order valence-electron chi connectivity index (χ1n) is 8.35. The molecule has 1 aliphatic heterocycles. The van der Waals surface area contributed by atoms with E-state index in [9.17, 15) is 20.0 Å². The minimum atomic E-state index is -0.436. The Labute approximate surface area is 151 Å². The van der Waals surface area contributed by atoms with E-state index in [-0.39, 0.29) is 24.2 Å². The molecule has 7 nitrogen and oxygen atoms in total. The van der Waals surface area contributed by atoms with Crippen molar-refractivity contribution in [3.8, 4) is 16.9 Å². The number of hydrogen-bond donors (Lipinski definition) is 1. The van der Waals surface area contributed by atoms with E-state index in [2.05, 4.69) is 0 Å². The van der Waals surface area contributed by atoms with Crippen molar-refractivity contribution in [2.45, 2.75) is 25.4 Å². The lowest BCUT2D eigenvalue weighted by molar-refractivity contribution is -0.384. The molecule has 1 atom stereocenters. The zero-order chi connectivity index (χ0) is 18.7. The van der Waals surface area contributed by atoms with Gasteiger partial charge in [0.15, 0.2) is 0 Å². The van der Waals surface area contributed by atoms with Crippen molar-refractivity contribution in [1.82, 2.24) is 4.90 Å². The van der Waals surface area contributed by atoms with E-state index < -0.39 is 4.92 Å². The number of carbonyl (C=O) groups excluding carboxylic acids is 1. The number of carbonyl (C=O) groups is 1. The molecule has 2 aromatic carbocycles. The number of nitro benzene ring substituents is 1. The Morgan fingerprint density at radius 3 is 2.81 bits per heavy atom. The van der Waals surface area contributed by atoms with Crippen molar-refractivity contribution >= 4 is 11.6 Å². The van der Waals surface area contributed by atoms with Crippen LogP contribution in [0.15, 0.2) is 42.5 Å². The lowest BCUT2D eigenvalue weighted by atomic mass is 10.0. The predicted octanol–water partition coefficient (Wildman–Crippen LogP) is 2.75. The second-order valence-corrected chi connectivity index (χ2v) is 6.24. The van der Waals surface area contributed by atoms with Crippen molar-refractivity contribution < 1.29 is 19.6 Å². The summed E-state index contributed by atoms with van der Waals surface area (Å²) < 4.78 is 5.40. The Morgan fingerprint density at radius 2 is 2.12 bits per heavy atom. The lowest BCUT2D eigenvalue weighted by Crippen LogP contribution is -2.34. The SMILES string of the molecule is COc1ccc(CN2C(=O)CC[C@@H]2CO)cc1-c1cccc([N+](=O)[O-])c1. The molecule has 0 aliphatic carbocycles. The number of aliphatic hydroxyl groups excluding tert-OH is 1. The number of hydrogen-bond acceptors (Lipinski definition) is 5. The minimum absolute atomic E-state index is 0.00465. The van der Waals surface area contributed by atoms with Gasteiger partial charge in [0.05, 0.1) is 24.7 Å². The maximum atomic E-state index is 12.1. The second kappa shape index (κ2) is 7.53. The van der Waals surface area contributed by atoms with E-state index in [1.807, 2.05) is 12.1 Å². The zero-order valence-electron chi connectivity index (χ0n) is 14.4. The molecule has 2 aromatic rings. The molecule has 26 heavy (non-hydrogen) atoms. The molecule has 1 heterocycles. The highest BCUT2D eigenvalue weighted by Gasteiger charge is 2.30. The highest BCUT2D eigenvalue weighted by Crippen LogP contribution is 2.33. The van der Waals surface area contributed by atoms with Crippen LogP contribution >= 0.6 is 0 Å². The minimum Gasteiger partial charge on any atom is -0.496 e. The van der Waals surface area contributed by atoms with Crippen molar-refractivity contribution in [2.24, 2.45) is 0 Å². The Balaban J connectivity index is 1.95. The first-order valence-corrected chi connectivity index (χ1v) is 8.35. The third kappa shape index (κ3) is 3.52. The summed E-state index contributed by atoms with van der Waals surface area (Å²) in [6, 6.07) is 11.7. The second-order valence-electron chi connectivity index (χ2n) is 6.24. The highest BCUT2D eigenvalue weighted by molar-refractivity contribution is 5.79. The Hall–Kier alpha value is -2.93. The van der Waals surface area contributed by atoms with Gasteiger partial charge in [-0.1, -0.05) is 18.2 Å². The smallest absolute Gasteiger partial charge is 0.270 e. The van der Waals surface area contributed by atoms with Crippen molar-refractivity contribution in [3.05, 3.63) is 58.1 Å². The maximum Gasteiger partial charge on any atom is 0.270 e. The molecule has 0 bridgehead atoms. The maximum absolute atomic E-state index is 12.1. The van der Waals surface area contributed by atoms with Gasteiger partial charge in [-0.2, -0.15) is 0 Å². The van der Waals surface area contributed by atoms with Gasteiger partial charge >= 0.3 is 0 Å². The number of nitrogens with zero attached hydrogens (tertiary/aromatic N) is 2. The number of methoxy groups -OCH3 is 1. The fraction of sp³-hybridized carbons (Fsp3) is 0.316. The van der Waals surface area contributed by atoms with Gasteiger partial charge in [-0.15, -0.1) is 0 Å². The summed E-state index contributed by atoms with van der Waals surface area (Å²) in [6.07, 6.45) is 1.10. The summed E-state index contributed by atoms with van der Waals surface area (Å²) in [7, 11) is 1.54.